The molecular weight excluding hydrogens is 488 g/mol. The molecule has 0 amide bonds. The first-order valence-electron chi connectivity index (χ1n) is 15.6. The van der Waals surface area contributed by atoms with Gasteiger partial charge in [0.2, 0.25) is 0 Å². The molecule has 0 rings (SSSR count). The number of hydrogen-bond acceptors (Lipinski definition) is 8. The fraction of sp³-hybridized carbons (Fsp3) is 1.00. The molecule has 1 N–H and O–H groups in total. The monoisotopic (exact) mass is 550 g/mol. The van der Waals surface area contributed by atoms with Crippen molar-refractivity contribution in [3.8, 4) is 0 Å². The summed E-state index contributed by atoms with van der Waals surface area (Å²) in [7, 11) is 0. The van der Waals surface area contributed by atoms with E-state index in [0.29, 0.717) is 13.0 Å². The second-order valence-electron chi connectivity index (χ2n) is 9.38. The largest absolute Gasteiger partial charge is 0.373 e. The van der Waals surface area contributed by atoms with Gasteiger partial charge in [0, 0.05) is 46.2 Å². The van der Waals surface area contributed by atoms with Gasteiger partial charge in [-0.2, -0.15) is 0 Å². The van der Waals surface area contributed by atoms with E-state index in [9.17, 15) is 5.11 Å². The minimum Gasteiger partial charge on any atom is -0.373 e. The van der Waals surface area contributed by atoms with Gasteiger partial charge in [0.1, 0.15) is 6.10 Å². The molecule has 230 valence electrons. The molecule has 0 spiro atoms. The van der Waals surface area contributed by atoms with Crippen LogP contribution < -0.4 is 0 Å². The number of unbranched alkanes of at least 4 members (excludes halogenated alkanes) is 9. The Morgan fingerprint density at radius 2 is 0.868 bits per heavy atom. The van der Waals surface area contributed by atoms with Gasteiger partial charge in [-0.3, -0.25) is 0 Å². The van der Waals surface area contributed by atoms with E-state index in [1.165, 1.54) is 51.4 Å². The molecule has 0 fully saturated rings. The third kappa shape index (κ3) is 10.9. The van der Waals surface area contributed by atoms with Crippen LogP contribution in [0.2, 0.25) is 0 Å². The van der Waals surface area contributed by atoms with E-state index in [1.54, 1.807) is 13.8 Å². The highest BCUT2D eigenvalue weighted by molar-refractivity contribution is 5.02. The lowest BCUT2D eigenvalue weighted by molar-refractivity contribution is -0.553. The summed E-state index contributed by atoms with van der Waals surface area (Å²) in [6.07, 6.45) is 12.4. The van der Waals surface area contributed by atoms with Crippen LogP contribution in [0.5, 0.6) is 0 Å². The van der Waals surface area contributed by atoms with Crippen molar-refractivity contribution in [2.75, 3.05) is 46.2 Å². The summed E-state index contributed by atoms with van der Waals surface area (Å²) in [5, 5.41) is 11.9. The highest BCUT2D eigenvalue weighted by Gasteiger charge is 2.73. The molecule has 0 bridgehead atoms. The number of rotatable bonds is 28. The summed E-state index contributed by atoms with van der Waals surface area (Å²) in [5.74, 6) is -5.93. The molecule has 0 aromatic heterocycles. The van der Waals surface area contributed by atoms with Crippen molar-refractivity contribution in [1.29, 1.82) is 0 Å². The number of hydrogen-bond donors (Lipinski definition) is 1. The van der Waals surface area contributed by atoms with Crippen LogP contribution in [0.25, 0.3) is 0 Å². The van der Waals surface area contributed by atoms with Crippen LogP contribution in [0.1, 0.15) is 126 Å². The average molecular weight is 551 g/mol. The predicted octanol–water partition coefficient (Wildman–Crippen LogP) is 6.96. The lowest BCUT2D eigenvalue weighted by Gasteiger charge is -2.55. The minimum atomic E-state index is -2.31. The first kappa shape index (κ1) is 37.7. The lowest BCUT2D eigenvalue weighted by Crippen LogP contribution is -2.77. The van der Waals surface area contributed by atoms with E-state index in [1.807, 2.05) is 34.6 Å². The first-order chi connectivity index (χ1) is 18.4. The molecule has 1 unspecified atom stereocenters. The van der Waals surface area contributed by atoms with Gasteiger partial charge in [-0.15, -0.1) is 0 Å². The average Bonchev–Trinajstić information content (AvgIpc) is 2.89. The number of aliphatic hydroxyl groups is 1. The van der Waals surface area contributed by atoms with Crippen molar-refractivity contribution in [2.24, 2.45) is 0 Å². The van der Waals surface area contributed by atoms with E-state index in [-0.39, 0.29) is 39.6 Å². The summed E-state index contributed by atoms with van der Waals surface area (Å²) >= 11 is 0. The van der Waals surface area contributed by atoms with Crippen LogP contribution in [-0.2, 0) is 33.2 Å². The predicted molar refractivity (Wildman–Crippen MR) is 152 cm³/mol. The molecule has 0 aromatic carbocycles. The van der Waals surface area contributed by atoms with Crippen molar-refractivity contribution in [1.82, 2.24) is 0 Å². The minimum absolute atomic E-state index is 0.157. The molecule has 1 atom stereocenters. The third-order valence-corrected chi connectivity index (χ3v) is 6.58. The standard InChI is InChI=1S/C30H62O8/c1-9-17-18-19-20-21-22-23-24-25-26-27(32-10-2)28(33-11-3,34-12-4)29(35-13-5,36-14-6)30(31,37-15-7)38-16-8/h27,31H,9-26H2,1-8H3. The van der Waals surface area contributed by atoms with Crippen molar-refractivity contribution < 1.29 is 38.3 Å². The fourth-order valence-electron chi connectivity index (χ4n) is 5.13. The van der Waals surface area contributed by atoms with Crippen molar-refractivity contribution in [3.63, 3.8) is 0 Å². The van der Waals surface area contributed by atoms with E-state index in [4.69, 9.17) is 33.2 Å². The summed E-state index contributed by atoms with van der Waals surface area (Å²) in [5.41, 5.74) is 0. The topological polar surface area (TPSA) is 84.8 Å². The zero-order valence-electron chi connectivity index (χ0n) is 26.1. The highest BCUT2D eigenvalue weighted by Crippen LogP contribution is 2.47. The van der Waals surface area contributed by atoms with Crippen molar-refractivity contribution in [2.45, 2.75) is 150 Å². The molecule has 8 nitrogen and oxygen atoms in total. The van der Waals surface area contributed by atoms with E-state index < -0.39 is 23.7 Å². The molecule has 0 aromatic rings. The second kappa shape index (κ2) is 22.4. The zero-order valence-corrected chi connectivity index (χ0v) is 26.1. The molecule has 0 heterocycles. The van der Waals surface area contributed by atoms with Gasteiger partial charge in [0.25, 0.3) is 5.79 Å². The zero-order chi connectivity index (χ0) is 28.8. The summed E-state index contributed by atoms with van der Waals surface area (Å²) in [6.45, 7) is 16.8. The van der Waals surface area contributed by atoms with Gasteiger partial charge in [-0.25, -0.2) is 0 Å². The van der Waals surface area contributed by atoms with E-state index in [0.717, 1.165) is 12.8 Å². The molecule has 8 heteroatoms. The Labute approximate surface area is 234 Å². The molecule has 0 aliphatic rings. The van der Waals surface area contributed by atoms with Gasteiger partial charge in [-0.1, -0.05) is 71.1 Å². The Morgan fingerprint density at radius 1 is 0.474 bits per heavy atom. The van der Waals surface area contributed by atoms with Crippen LogP contribution in [0.15, 0.2) is 0 Å². The maximum atomic E-state index is 11.9. The fourth-order valence-corrected chi connectivity index (χ4v) is 5.13. The Balaban J connectivity index is 6.09. The Bertz CT molecular complexity index is 512. The van der Waals surface area contributed by atoms with Gasteiger partial charge >= 0.3 is 11.8 Å². The van der Waals surface area contributed by atoms with E-state index >= 15 is 0 Å². The number of ether oxygens (including phenoxy) is 7. The molecule has 0 radical (unpaired) electrons. The van der Waals surface area contributed by atoms with Gasteiger partial charge < -0.3 is 38.3 Å². The Morgan fingerprint density at radius 3 is 1.24 bits per heavy atom. The Hall–Kier alpha value is -0.320. The lowest BCUT2D eigenvalue weighted by atomic mass is 9.91. The van der Waals surface area contributed by atoms with E-state index in [2.05, 4.69) is 6.92 Å². The normalized spacial score (nSPS) is 13.8. The van der Waals surface area contributed by atoms with Crippen molar-refractivity contribution in [3.05, 3.63) is 0 Å². The molecule has 0 aliphatic heterocycles. The SMILES string of the molecule is CCCCCCCCCCCCC(OCC)C(OCC)(OCC)C(OCC)(OCC)C(O)(OCC)OCC. The molecule has 0 saturated carbocycles. The van der Waals surface area contributed by atoms with Crippen LogP contribution in [0.4, 0.5) is 0 Å². The quantitative estimate of drug-likeness (QED) is 0.0826. The van der Waals surface area contributed by atoms with Crippen LogP contribution in [0, 0.1) is 0 Å². The summed E-state index contributed by atoms with van der Waals surface area (Å²) in [4.78, 5) is 0. The summed E-state index contributed by atoms with van der Waals surface area (Å²) < 4.78 is 43.4. The van der Waals surface area contributed by atoms with Crippen LogP contribution >= 0.6 is 0 Å². The summed E-state index contributed by atoms with van der Waals surface area (Å²) in [6, 6.07) is 0. The van der Waals surface area contributed by atoms with Gasteiger partial charge in [0.05, 0.1) is 0 Å². The first-order valence-corrected chi connectivity index (χ1v) is 15.6. The maximum Gasteiger partial charge on any atom is 0.344 e. The van der Waals surface area contributed by atoms with Crippen molar-refractivity contribution >= 4 is 0 Å². The third-order valence-electron chi connectivity index (χ3n) is 6.58. The van der Waals surface area contributed by atoms with Crippen LogP contribution in [-0.4, -0.2) is 75.0 Å². The molecule has 0 aliphatic carbocycles. The molecule has 0 saturated heterocycles. The molecule has 38 heavy (non-hydrogen) atoms. The molecular formula is C30H62O8. The van der Waals surface area contributed by atoms with Crippen LogP contribution in [0.3, 0.4) is 0 Å². The van der Waals surface area contributed by atoms with Gasteiger partial charge in [-0.05, 0) is 54.9 Å². The highest BCUT2D eigenvalue weighted by atomic mass is 16.9. The smallest absolute Gasteiger partial charge is 0.344 e. The maximum absolute atomic E-state index is 11.9. The Kier molecular flexibility index (Phi) is 22.2. The second-order valence-corrected chi connectivity index (χ2v) is 9.38. The van der Waals surface area contributed by atoms with Gasteiger partial charge in [0.15, 0.2) is 0 Å².